The molecule has 2 aromatic carbocycles. The van der Waals surface area contributed by atoms with Crippen LogP contribution < -0.4 is 10.3 Å². The Bertz CT molecular complexity index is 800. The molecular formula is C19H18N4O. The minimum atomic E-state index is -0.159. The third-order valence-corrected chi connectivity index (χ3v) is 4.23. The van der Waals surface area contributed by atoms with Gasteiger partial charge >= 0.3 is 6.03 Å². The van der Waals surface area contributed by atoms with Crippen molar-refractivity contribution in [1.29, 1.82) is 0 Å². The predicted octanol–water partition coefficient (Wildman–Crippen LogP) is 3.27. The molecule has 0 bridgehead atoms. The molecule has 0 aromatic heterocycles. The van der Waals surface area contributed by atoms with Crippen molar-refractivity contribution in [3.05, 3.63) is 77.9 Å². The van der Waals surface area contributed by atoms with Crippen LogP contribution in [0, 0.1) is 0 Å². The first-order chi connectivity index (χ1) is 11.8. The molecule has 2 aliphatic rings. The van der Waals surface area contributed by atoms with Crippen molar-refractivity contribution in [2.45, 2.75) is 12.5 Å². The van der Waals surface area contributed by atoms with Gasteiger partial charge in [-0.25, -0.2) is 4.79 Å². The van der Waals surface area contributed by atoms with Gasteiger partial charge in [0.15, 0.2) is 0 Å². The van der Waals surface area contributed by atoms with Crippen molar-refractivity contribution in [1.82, 2.24) is 10.4 Å². The highest BCUT2D eigenvalue weighted by atomic mass is 16.2. The minimum absolute atomic E-state index is 0.0222. The van der Waals surface area contributed by atoms with Crippen molar-refractivity contribution >= 4 is 17.9 Å². The summed E-state index contributed by atoms with van der Waals surface area (Å²) in [7, 11) is 0. The molecule has 2 heterocycles. The molecular weight excluding hydrogens is 300 g/mol. The van der Waals surface area contributed by atoms with E-state index in [1.807, 2.05) is 54.6 Å². The molecule has 1 N–H and O–H groups in total. The van der Waals surface area contributed by atoms with E-state index >= 15 is 0 Å². The van der Waals surface area contributed by atoms with E-state index in [-0.39, 0.29) is 12.1 Å². The first-order valence-electron chi connectivity index (χ1n) is 8.05. The maximum atomic E-state index is 12.7. The molecule has 2 aliphatic heterocycles. The predicted molar refractivity (Wildman–Crippen MR) is 94.7 cm³/mol. The molecule has 0 fully saturated rings. The van der Waals surface area contributed by atoms with E-state index in [1.165, 1.54) is 5.56 Å². The van der Waals surface area contributed by atoms with Gasteiger partial charge < -0.3 is 5.32 Å². The summed E-state index contributed by atoms with van der Waals surface area (Å²) in [5.41, 5.74) is 3.17. The Labute approximate surface area is 140 Å². The summed E-state index contributed by atoms with van der Waals surface area (Å²) in [4.78, 5) is 12.7. The number of hydrogen-bond donors (Lipinski definition) is 1. The first kappa shape index (κ1) is 14.5. The summed E-state index contributed by atoms with van der Waals surface area (Å²) >= 11 is 0. The Hall–Kier alpha value is -3.08. The molecule has 0 saturated heterocycles. The number of carbonyl (C=O) groups is 1. The van der Waals surface area contributed by atoms with E-state index in [0.29, 0.717) is 6.54 Å². The molecule has 24 heavy (non-hydrogen) atoms. The highest BCUT2D eigenvalue weighted by molar-refractivity contribution is 5.94. The summed E-state index contributed by atoms with van der Waals surface area (Å²) in [5.74, 6) is 0. The number of hydrogen-bond acceptors (Lipinski definition) is 3. The second-order valence-corrected chi connectivity index (χ2v) is 5.75. The monoisotopic (exact) mass is 318 g/mol. The summed E-state index contributed by atoms with van der Waals surface area (Å²) in [6, 6.07) is 17.9. The lowest BCUT2D eigenvalue weighted by Gasteiger charge is -2.29. The van der Waals surface area contributed by atoms with E-state index in [9.17, 15) is 4.79 Å². The number of benzene rings is 2. The molecule has 2 aromatic rings. The minimum Gasteiger partial charge on any atom is -0.336 e. The first-order valence-corrected chi connectivity index (χ1v) is 8.05. The third-order valence-electron chi connectivity index (χ3n) is 4.23. The number of fused-ring (bicyclic) bond motifs is 3. The van der Waals surface area contributed by atoms with Crippen molar-refractivity contribution < 1.29 is 4.79 Å². The Morgan fingerprint density at radius 1 is 1.08 bits per heavy atom. The van der Waals surface area contributed by atoms with Gasteiger partial charge in [0.2, 0.25) is 0 Å². The maximum Gasteiger partial charge on any atom is 0.342 e. The molecule has 0 radical (unpaired) electrons. The normalized spacial score (nSPS) is 17.6. The zero-order chi connectivity index (χ0) is 16.4. The molecule has 2 amide bonds. The number of rotatable bonds is 3. The zero-order valence-corrected chi connectivity index (χ0v) is 13.2. The lowest BCUT2D eigenvalue weighted by molar-refractivity contribution is 0.207. The van der Waals surface area contributed by atoms with E-state index in [4.69, 9.17) is 0 Å². The number of para-hydroxylation sites is 1. The van der Waals surface area contributed by atoms with Crippen LogP contribution in [0.3, 0.4) is 0 Å². The Kier molecular flexibility index (Phi) is 3.75. The van der Waals surface area contributed by atoms with Crippen LogP contribution in [0.5, 0.6) is 0 Å². The van der Waals surface area contributed by atoms with Crippen molar-refractivity contribution in [2.75, 3.05) is 11.6 Å². The van der Waals surface area contributed by atoms with Crippen LogP contribution in [0.4, 0.5) is 10.5 Å². The SMILES string of the molecule is O=C(NCCc1ccccc1)N1c2ccccc2C2C=CC=NN21. The van der Waals surface area contributed by atoms with Gasteiger partial charge in [0, 0.05) is 18.3 Å². The van der Waals surface area contributed by atoms with E-state index in [1.54, 1.807) is 16.3 Å². The second-order valence-electron chi connectivity index (χ2n) is 5.75. The summed E-state index contributed by atoms with van der Waals surface area (Å²) in [5, 5.41) is 10.7. The fraction of sp³-hybridized carbons (Fsp3) is 0.158. The van der Waals surface area contributed by atoms with Crippen molar-refractivity contribution in [3.8, 4) is 0 Å². The van der Waals surface area contributed by atoms with E-state index in [0.717, 1.165) is 17.7 Å². The van der Waals surface area contributed by atoms with Gasteiger partial charge in [0.25, 0.3) is 0 Å². The largest absolute Gasteiger partial charge is 0.342 e. The second kappa shape index (κ2) is 6.20. The van der Waals surface area contributed by atoms with Gasteiger partial charge in [-0.2, -0.15) is 15.2 Å². The van der Waals surface area contributed by atoms with Gasteiger partial charge in [-0.15, -0.1) is 0 Å². The molecule has 4 rings (SSSR count). The smallest absolute Gasteiger partial charge is 0.336 e. The van der Waals surface area contributed by atoms with Crippen molar-refractivity contribution in [2.24, 2.45) is 5.10 Å². The number of urea groups is 1. The molecule has 5 nitrogen and oxygen atoms in total. The molecule has 5 heteroatoms. The third kappa shape index (κ3) is 2.54. The quantitative estimate of drug-likeness (QED) is 0.944. The van der Waals surface area contributed by atoms with Crippen LogP contribution in [0.15, 0.2) is 71.9 Å². The van der Waals surface area contributed by atoms with Gasteiger partial charge in [-0.05, 0) is 24.1 Å². The molecule has 0 saturated carbocycles. The lowest BCUT2D eigenvalue weighted by Crippen LogP contribution is -2.47. The van der Waals surface area contributed by atoms with Crippen LogP contribution in [0.1, 0.15) is 17.2 Å². The summed E-state index contributed by atoms with van der Waals surface area (Å²) in [6.45, 7) is 0.583. The van der Waals surface area contributed by atoms with E-state index < -0.39 is 0 Å². The molecule has 120 valence electrons. The lowest BCUT2D eigenvalue weighted by atomic mass is 10.1. The highest BCUT2D eigenvalue weighted by Gasteiger charge is 2.38. The number of hydrazine groups is 1. The summed E-state index contributed by atoms with van der Waals surface area (Å²) < 4.78 is 0. The fourth-order valence-corrected chi connectivity index (χ4v) is 3.09. The Balaban J connectivity index is 1.49. The topological polar surface area (TPSA) is 47.9 Å². The Morgan fingerprint density at radius 3 is 2.75 bits per heavy atom. The van der Waals surface area contributed by atoms with Crippen LogP contribution >= 0.6 is 0 Å². The molecule has 0 spiro atoms. The van der Waals surface area contributed by atoms with Gasteiger partial charge in [0.1, 0.15) is 6.04 Å². The number of nitrogens with one attached hydrogen (secondary N) is 1. The average Bonchev–Trinajstić information content (AvgIpc) is 2.97. The number of carbonyl (C=O) groups excluding carboxylic acids is 1. The van der Waals surface area contributed by atoms with Crippen molar-refractivity contribution in [3.63, 3.8) is 0 Å². The van der Waals surface area contributed by atoms with Crippen LogP contribution in [0.2, 0.25) is 0 Å². The van der Waals surface area contributed by atoms with Gasteiger partial charge in [-0.3, -0.25) is 0 Å². The molecule has 1 unspecified atom stereocenters. The standard InChI is InChI=1S/C19H18N4O/c24-19(20-14-12-15-7-2-1-3-8-15)22-17-10-5-4-9-16(17)18-11-6-13-21-23(18)22/h1-11,13,18H,12,14H2,(H,20,24). The van der Waals surface area contributed by atoms with Gasteiger partial charge in [0.05, 0.1) is 5.69 Å². The number of hydrazone groups is 1. The van der Waals surface area contributed by atoms with Gasteiger partial charge in [-0.1, -0.05) is 54.6 Å². The highest BCUT2D eigenvalue weighted by Crippen LogP contribution is 2.41. The van der Waals surface area contributed by atoms with Crippen LogP contribution in [0.25, 0.3) is 0 Å². The number of amides is 2. The van der Waals surface area contributed by atoms with Crippen LogP contribution in [-0.4, -0.2) is 23.9 Å². The van der Waals surface area contributed by atoms with Crippen LogP contribution in [-0.2, 0) is 6.42 Å². The summed E-state index contributed by atoms with van der Waals surface area (Å²) in [6.07, 6.45) is 6.46. The average molecular weight is 318 g/mol. The maximum absolute atomic E-state index is 12.7. The molecule has 0 aliphatic carbocycles. The number of nitrogens with zero attached hydrogens (tertiary/aromatic N) is 3. The van der Waals surface area contributed by atoms with E-state index in [2.05, 4.69) is 22.6 Å². The zero-order valence-electron chi connectivity index (χ0n) is 13.2. The number of allylic oxidation sites excluding steroid dienone is 1. The number of anilines is 1. The Morgan fingerprint density at radius 2 is 1.88 bits per heavy atom. The molecule has 1 atom stereocenters. The fourth-order valence-electron chi connectivity index (χ4n) is 3.09.